The van der Waals surface area contributed by atoms with Gasteiger partial charge in [0.1, 0.15) is 0 Å². The van der Waals surface area contributed by atoms with Gasteiger partial charge in [-0.2, -0.15) is 11.8 Å². The van der Waals surface area contributed by atoms with Crippen LogP contribution in [0.3, 0.4) is 0 Å². The Morgan fingerprint density at radius 2 is 1.95 bits per heavy atom. The molecule has 0 radical (unpaired) electrons. The molecular weight excluding hydrogens is 290 g/mol. The van der Waals surface area contributed by atoms with Crippen molar-refractivity contribution >= 4 is 23.6 Å². The number of carboxylic acids is 1. The van der Waals surface area contributed by atoms with Crippen LogP contribution in [0.4, 0.5) is 0 Å². The van der Waals surface area contributed by atoms with E-state index in [9.17, 15) is 9.59 Å². The minimum absolute atomic E-state index is 0.0381. The van der Waals surface area contributed by atoms with Crippen molar-refractivity contribution in [3.05, 3.63) is 0 Å². The standard InChI is InChI=1S/C14H25N3O3S/c1-14(2,16-5-3-15-4-6-16)13(20)17-7-8-21-10-11(17)9-12(18)19/h11,15H,3-10H2,1-2H3,(H,18,19). The Bertz CT molecular complexity index is 397. The zero-order valence-corrected chi connectivity index (χ0v) is 13.6. The number of carboxylic acid groups (broad SMARTS) is 1. The molecule has 7 heteroatoms. The largest absolute Gasteiger partial charge is 0.481 e. The van der Waals surface area contributed by atoms with E-state index >= 15 is 0 Å². The van der Waals surface area contributed by atoms with E-state index in [1.54, 1.807) is 16.7 Å². The van der Waals surface area contributed by atoms with Gasteiger partial charge in [0.2, 0.25) is 5.91 Å². The van der Waals surface area contributed by atoms with Gasteiger partial charge < -0.3 is 15.3 Å². The number of aliphatic carboxylic acids is 1. The molecular formula is C14H25N3O3S. The smallest absolute Gasteiger partial charge is 0.305 e. The molecule has 6 nitrogen and oxygen atoms in total. The van der Waals surface area contributed by atoms with Crippen LogP contribution in [-0.2, 0) is 9.59 Å². The molecule has 0 spiro atoms. The second kappa shape index (κ2) is 6.98. The fourth-order valence-electron chi connectivity index (χ4n) is 3.00. The molecule has 2 aliphatic rings. The van der Waals surface area contributed by atoms with Crippen molar-refractivity contribution in [3.63, 3.8) is 0 Å². The van der Waals surface area contributed by atoms with Crippen molar-refractivity contribution in [1.82, 2.24) is 15.1 Å². The Labute approximate surface area is 130 Å². The maximum absolute atomic E-state index is 13.0. The molecule has 0 bridgehead atoms. The topological polar surface area (TPSA) is 72.9 Å². The summed E-state index contributed by atoms with van der Waals surface area (Å²) in [5, 5.41) is 12.3. The van der Waals surface area contributed by atoms with E-state index in [1.807, 2.05) is 13.8 Å². The summed E-state index contributed by atoms with van der Waals surface area (Å²) in [5.74, 6) is 0.839. The van der Waals surface area contributed by atoms with Gasteiger partial charge in [-0.3, -0.25) is 14.5 Å². The van der Waals surface area contributed by atoms with Gasteiger partial charge in [-0.25, -0.2) is 0 Å². The number of carbonyl (C=O) groups excluding carboxylic acids is 1. The summed E-state index contributed by atoms with van der Waals surface area (Å²) < 4.78 is 0. The van der Waals surface area contributed by atoms with Crippen LogP contribution in [0.15, 0.2) is 0 Å². The lowest BCUT2D eigenvalue weighted by atomic mass is 9.98. The number of amides is 1. The Hall–Kier alpha value is -0.790. The third kappa shape index (κ3) is 3.90. The molecule has 2 rings (SSSR count). The number of thioether (sulfide) groups is 1. The molecule has 2 saturated heterocycles. The fraction of sp³-hybridized carbons (Fsp3) is 0.857. The summed E-state index contributed by atoms with van der Waals surface area (Å²) in [6.07, 6.45) is 0.0381. The van der Waals surface area contributed by atoms with Crippen molar-refractivity contribution in [2.24, 2.45) is 0 Å². The van der Waals surface area contributed by atoms with E-state index < -0.39 is 11.5 Å². The molecule has 21 heavy (non-hydrogen) atoms. The summed E-state index contributed by atoms with van der Waals surface area (Å²) >= 11 is 1.73. The maximum atomic E-state index is 13.0. The molecule has 2 heterocycles. The molecule has 120 valence electrons. The zero-order valence-electron chi connectivity index (χ0n) is 12.8. The van der Waals surface area contributed by atoms with Crippen LogP contribution >= 0.6 is 11.8 Å². The monoisotopic (exact) mass is 315 g/mol. The van der Waals surface area contributed by atoms with E-state index in [2.05, 4.69) is 10.2 Å². The lowest BCUT2D eigenvalue weighted by molar-refractivity contribution is -0.147. The highest BCUT2D eigenvalue weighted by Gasteiger charge is 2.41. The number of nitrogens with zero attached hydrogens (tertiary/aromatic N) is 2. The van der Waals surface area contributed by atoms with Gasteiger partial charge in [0.15, 0.2) is 0 Å². The first kappa shape index (κ1) is 16.6. The van der Waals surface area contributed by atoms with Crippen LogP contribution in [-0.4, -0.2) is 82.6 Å². The van der Waals surface area contributed by atoms with Crippen LogP contribution in [0.1, 0.15) is 20.3 Å². The number of rotatable bonds is 4. The Balaban J connectivity index is 2.09. The average Bonchev–Trinajstić information content (AvgIpc) is 2.47. The summed E-state index contributed by atoms with van der Waals surface area (Å²) in [4.78, 5) is 28.0. The molecule has 0 aromatic heterocycles. The second-order valence-corrected chi connectivity index (χ2v) is 7.27. The zero-order chi connectivity index (χ0) is 15.5. The highest BCUT2D eigenvalue weighted by molar-refractivity contribution is 7.99. The Morgan fingerprint density at radius 3 is 2.57 bits per heavy atom. The lowest BCUT2D eigenvalue weighted by Gasteiger charge is -2.45. The van der Waals surface area contributed by atoms with E-state index in [0.29, 0.717) is 6.54 Å². The van der Waals surface area contributed by atoms with Crippen LogP contribution in [0, 0.1) is 0 Å². The Morgan fingerprint density at radius 1 is 1.29 bits per heavy atom. The predicted octanol–water partition coefficient (Wildman–Crippen LogP) is 0.0889. The normalized spacial score (nSPS) is 24.9. The van der Waals surface area contributed by atoms with Gasteiger partial charge in [0, 0.05) is 44.2 Å². The van der Waals surface area contributed by atoms with E-state index in [0.717, 1.165) is 37.7 Å². The first-order valence-corrected chi connectivity index (χ1v) is 8.65. The molecule has 0 saturated carbocycles. The molecule has 1 unspecified atom stereocenters. The van der Waals surface area contributed by atoms with E-state index in [-0.39, 0.29) is 18.4 Å². The number of hydrogen-bond acceptors (Lipinski definition) is 5. The Kier molecular flexibility index (Phi) is 5.51. The number of nitrogens with one attached hydrogen (secondary N) is 1. The van der Waals surface area contributed by atoms with Crippen LogP contribution < -0.4 is 5.32 Å². The minimum atomic E-state index is -0.833. The van der Waals surface area contributed by atoms with Crippen molar-refractivity contribution in [2.45, 2.75) is 31.8 Å². The molecule has 0 aromatic carbocycles. The first-order chi connectivity index (χ1) is 9.93. The van der Waals surface area contributed by atoms with Gasteiger partial charge in [-0.1, -0.05) is 0 Å². The molecule has 2 N–H and O–H groups in total. The summed E-state index contributed by atoms with van der Waals surface area (Å²) in [6, 6.07) is -0.184. The van der Waals surface area contributed by atoms with Crippen molar-refractivity contribution < 1.29 is 14.7 Å². The third-order valence-electron chi connectivity index (χ3n) is 4.33. The van der Waals surface area contributed by atoms with Crippen molar-refractivity contribution in [2.75, 3.05) is 44.2 Å². The second-order valence-electron chi connectivity index (χ2n) is 6.12. The minimum Gasteiger partial charge on any atom is -0.481 e. The molecule has 0 aliphatic carbocycles. The lowest BCUT2D eigenvalue weighted by Crippen LogP contribution is -2.63. The van der Waals surface area contributed by atoms with Crippen molar-refractivity contribution in [1.29, 1.82) is 0 Å². The molecule has 1 atom stereocenters. The van der Waals surface area contributed by atoms with E-state index in [4.69, 9.17) is 5.11 Å². The molecule has 2 aliphatic heterocycles. The highest BCUT2D eigenvalue weighted by atomic mass is 32.2. The molecule has 2 fully saturated rings. The van der Waals surface area contributed by atoms with Crippen LogP contribution in [0.2, 0.25) is 0 Å². The van der Waals surface area contributed by atoms with Gasteiger partial charge in [-0.05, 0) is 13.8 Å². The summed E-state index contributed by atoms with van der Waals surface area (Å²) in [5.41, 5.74) is -0.569. The predicted molar refractivity (Wildman–Crippen MR) is 83.6 cm³/mol. The van der Waals surface area contributed by atoms with Gasteiger partial charge in [0.05, 0.1) is 18.0 Å². The van der Waals surface area contributed by atoms with E-state index in [1.165, 1.54) is 0 Å². The quantitative estimate of drug-likeness (QED) is 0.766. The first-order valence-electron chi connectivity index (χ1n) is 7.49. The SMILES string of the molecule is CC(C)(C(=O)N1CCSCC1CC(=O)O)N1CCNCC1. The molecule has 0 aromatic rings. The fourth-order valence-corrected chi connectivity index (χ4v) is 4.07. The average molecular weight is 315 g/mol. The van der Waals surface area contributed by atoms with Gasteiger partial charge in [0.25, 0.3) is 0 Å². The maximum Gasteiger partial charge on any atom is 0.305 e. The van der Waals surface area contributed by atoms with Crippen molar-refractivity contribution in [3.8, 4) is 0 Å². The number of carbonyl (C=O) groups is 2. The highest BCUT2D eigenvalue weighted by Crippen LogP contribution is 2.25. The summed E-state index contributed by atoms with van der Waals surface area (Å²) in [6.45, 7) is 8.06. The number of hydrogen-bond donors (Lipinski definition) is 2. The number of piperazine rings is 1. The van der Waals surface area contributed by atoms with Crippen LogP contribution in [0.5, 0.6) is 0 Å². The third-order valence-corrected chi connectivity index (χ3v) is 5.42. The summed E-state index contributed by atoms with van der Waals surface area (Å²) in [7, 11) is 0. The van der Waals surface area contributed by atoms with Gasteiger partial charge in [-0.15, -0.1) is 0 Å². The van der Waals surface area contributed by atoms with Gasteiger partial charge >= 0.3 is 5.97 Å². The molecule has 1 amide bonds. The van der Waals surface area contributed by atoms with Crippen LogP contribution in [0.25, 0.3) is 0 Å².